The molecule has 0 fully saturated rings. The third-order valence-electron chi connectivity index (χ3n) is 2.41. The SMILES string of the molecule is CCNCC(C)(O)COc1ccc(CO)cc1. The van der Waals surface area contributed by atoms with Crippen LogP contribution >= 0.6 is 0 Å². The maximum absolute atomic E-state index is 9.98. The van der Waals surface area contributed by atoms with Gasteiger partial charge in [-0.15, -0.1) is 0 Å². The Labute approximate surface area is 102 Å². The Morgan fingerprint density at radius 3 is 2.47 bits per heavy atom. The molecule has 3 N–H and O–H groups in total. The molecule has 0 radical (unpaired) electrons. The molecule has 17 heavy (non-hydrogen) atoms. The van der Waals surface area contributed by atoms with Gasteiger partial charge < -0.3 is 20.3 Å². The van der Waals surface area contributed by atoms with Gasteiger partial charge >= 0.3 is 0 Å². The van der Waals surface area contributed by atoms with Gasteiger partial charge in [-0.1, -0.05) is 19.1 Å². The summed E-state index contributed by atoms with van der Waals surface area (Å²) in [6.07, 6.45) is 0. The van der Waals surface area contributed by atoms with Gasteiger partial charge in [-0.2, -0.15) is 0 Å². The quantitative estimate of drug-likeness (QED) is 0.662. The average molecular weight is 239 g/mol. The molecule has 1 rings (SSSR count). The van der Waals surface area contributed by atoms with E-state index in [4.69, 9.17) is 9.84 Å². The summed E-state index contributed by atoms with van der Waals surface area (Å²) in [7, 11) is 0. The number of aliphatic hydroxyl groups excluding tert-OH is 1. The predicted octanol–water partition coefficient (Wildman–Crippen LogP) is 0.918. The maximum atomic E-state index is 9.98. The highest BCUT2D eigenvalue weighted by molar-refractivity contribution is 5.26. The molecule has 0 spiro atoms. The molecule has 4 heteroatoms. The van der Waals surface area contributed by atoms with Crippen LogP contribution in [0, 0.1) is 0 Å². The summed E-state index contributed by atoms with van der Waals surface area (Å²) in [5.41, 5.74) is -0.0391. The molecular weight excluding hydrogens is 218 g/mol. The summed E-state index contributed by atoms with van der Waals surface area (Å²) >= 11 is 0. The van der Waals surface area contributed by atoms with Crippen molar-refractivity contribution >= 4 is 0 Å². The van der Waals surface area contributed by atoms with Crippen LogP contribution in [0.1, 0.15) is 19.4 Å². The first-order valence-electron chi connectivity index (χ1n) is 5.83. The number of aliphatic hydroxyl groups is 2. The van der Waals surface area contributed by atoms with Gasteiger partial charge in [-0.3, -0.25) is 0 Å². The summed E-state index contributed by atoms with van der Waals surface area (Å²) in [4.78, 5) is 0. The second kappa shape index (κ2) is 6.59. The minimum Gasteiger partial charge on any atom is -0.491 e. The van der Waals surface area contributed by atoms with Crippen LogP contribution in [0.4, 0.5) is 0 Å². The fourth-order valence-corrected chi connectivity index (χ4v) is 1.38. The molecule has 1 atom stereocenters. The largest absolute Gasteiger partial charge is 0.491 e. The lowest BCUT2D eigenvalue weighted by atomic mass is 10.1. The second-order valence-corrected chi connectivity index (χ2v) is 4.37. The minimum absolute atomic E-state index is 0.0262. The van der Waals surface area contributed by atoms with E-state index in [9.17, 15) is 5.11 Å². The van der Waals surface area contributed by atoms with Crippen molar-refractivity contribution in [1.29, 1.82) is 0 Å². The van der Waals surface area contributed by atoms with Gasteiger partial charge in [0, 0.05) is 6.54 Å². The van der Waals surface area contributed by atoms with Crippen LogP contribution < -0.4 is 10.1 Å². The molecule has 0 aliphatic carbocycles. The zero-order chi connectivity index (χ0) is 12.7. The molecule has 0 aromatic heterocycles. The number of benzene rings is 1. The highest BCUT2D eigenvalue weighted by atomic mass is 16.5. The molecule has 1 unspecified atom stereocenters. The fraction of sp³-hybridized carbons (Fsp3) is 0.538. The summed E-state index contributed by atoms with van der Waals surface area (Å²) in [5, 5.41) is 22.0. The number of hydrogen-bond donors (Lipinski definition) is 3. The minimum atomic E-state index is -0.883. The third-order valence-corrected chi connectivity index (χ3v) is 2.41. The Bertz CT molecular complexity index is 322. The molecule has 0 amide bonds. The van der Waals surface area contributed by atoms with E-state index in [1.807, 2.05) is 6.92 Å². The van der Waals surface area contributed by atoms with Crippen molar-refractivity contribution in [2.24, 2.45) is 0 Å². The Morgan fingerprint density at radius 1 is 1.29 bits per heavy atom. The van der Waals surface area contributed by atoms with Gasteiger partial charge in [0.05, 0.1) is 6.61 Å². The van der Waals surface area contributed by atoms with Crippen LogP contribution in [0.2, 0.25) is 0 Å². The van der Waals surface area contributed by atoms with Crippen LogP contribution in [-0.4, -0.2) is 35.5 Å². The predicted molar refractivity (Wildman–Crippen MR) is 67.0 cm³/mol. The van der Waals surface area contributed by atoms with Gasteiger partial charge in [0.15, 0.2) is 0 Å². The van der Waals surface area contributed by atoms with Gasteiger partial charge in [0.1, 0.15) is 18.0 Å². The highest BCUT2D eigenvalue weighted by Gasteiger charge is 2.20. The molecule has 0 aliphatic rings. The van der Waals surface area contributed by atoms with E-state index in [1.165, 1.54) is 0 Å². The first-order valence-corrected chi connectivity index (χ1v) is 5.83. The van der Waals surface area contributed by atoms with Crippen molar-refractivity contribution in [1.82, 2.24) is 5.32 Å². The van der Waals surface area contributed by atoms with E-state index in [0.717, 1.165) is 12.1 Å². The van der Waals surface area contributed by atoms with E-state index in [-0.39, 0.29) is 13.2 Å². The average Bonchev–Trinajstić information content (AvgIpc) is 2.35. The number of ether oxygens (including phenoxy) is 1. The van der Waals surface area contributed by atoms with E-state index >= 15 is 0 Å². The first kappa shape index (κ1) is 14.0. The number of rotatable bonds is 7. The van der Waals surface area contributed by atoms with Crippen molar-refractivity contribution < 1.29 is 14.9 Å². The van der Waals surface area contributed by atoms with Crippen molar-refractivity contribution in [2.45, 2.75) is 26.1 Å². The molecule has 0 bridgehead atoms. The van der Waals surface area contributed by atoms with Crippen LogP contribution in [0.15, 0.2) is 24.3 Å². The number of nitrogens with one attached hydrogen (secondary N) is 1. The number of hydrogen-bond acceptors (Lipinski definition) is 4. The zero-order valence-corrected chi connectivity index (χ0v) is 10.4. The molecule has 4 nitrogen and oxygen atoms in total. The third kappa shape index (κ3) is 5.17. The van der Waals surface area contributed by atoms with Crippen LogP contribution in [-0.2, 0) is 6.61 Å². The van der Waals surface area contributed by atoms with E-state index in [0.29, 0.717) is 12.3 Å². The second-order valence-electron chi connectivity index (χ2n) is 4.37. The normalized spacial score (nSPS) is 14.4. The van der Waals surface area contributed by atoms with Crippen LogP contribution in [0.5, 0.6) is 5.75 Å². The topological polar surface area (TPSA) is 61.7 Å². The maximum Gasteiger partial charge on any atom is 0.119 e. The van der Waals surface area contributed by atoms with Gasteiger partial charge in [-0.05, 0) is 31.2 Å². The molecule has 0 saturated carbocycles. The molecule has 96 valence electrons. The van der Waals surface area contributed by atoms with Crippen LogP contribution in [0.25, 0.3) is 0 Å². The smallest absolute Gasteiger partial charge is 0.119 e. The zero-order valence-electron chi connectivity index (χ0n) is 10.4. The molecule has 0 saturated heterocycles. The molecular formula is C13H21NO3. The lowest BCUT2D eigenvalue weighted by Gasteiger charge is -2.23. The lowest BCUT2D eigenvalue weighted by molar-refractivity contribution is 0.0127. The van der Waals surface area contributed by atoms with Gasteiger partial charge in [0.25, 0.3) is 0 Å². The Hall–Kier alpha value is -1.10. The summed E-state index contributed by atoms with van der Waals surface area (Å²) in [6, 6.07) is 7.17. The van der Waals surface area contributed by atoms with Crippen molar-refractivity contribution in [3.05, 3.63) is 29.8 Å². The Balaban J connectivity index is 2.43. The van der Waals surface area contributed by atoms with Crippen LogP contribution in [0.3, 0.4) is 0 Å². The molecule has 0 heterocycles. The van der Waals surface area contributed by atoms with E-state index < -0.39 is 5.60 Å². The van der Waals surface area contributed by atoms with E-state index in [2.05, 4.69) is 5.32 Å². The first-order chi connectivity index (χ1) is 8.07. The molecule has 0 aliphatic heterocycles. The monoisotopic (exact) mass is 239 g/mol. The Kier molecular flexibility index (Phi) is 5.41. The molecule has 1 aromatic rings. The molecule has 1 aromatic carbocycles. The van der Waals surface area contributed by atoms with Gasteiger partial charge in [-0.25, -0.2) is 0 Å². The van der Waals surface area contributed by atoms with Crippen molar-refractivity contribution in [2.75, 3.05) is 19.7 Å². The highest BCUT2D eigenvalue weighted by Crippen LogP contribution is 2.14. The lowest BCUT2D eigenvalue weighted by Crippen LogP contribution is -2.42. The summed E-state index contributed by atoms with van der Waals surface area (Å²) in [6.45, 7) is 5.30. The Morgan fingerprint density at radius 2 is 1.94 bits per heavy atom. The summed E-state index contributed by atoms with van der Waals surface area (Å²) < 4.78 is 5.50. The van der Waals surface area contributed by atoms with Gasteiger partial charge in [0.2, 0.25) is 0 Å². The number of likely N-dealkylation sites (N-methyl/N-ethyl adjacent to an activating group) is 1. The standard InChI is InChI=1S/C13H21NO3/c1-3-14-9-13(2,16)10-17-12-6-4-11(8-15)5-7-12/h4-7,14-16H,3,8-10H2,1-2H3. The van der Waals surface area contributed by atoms with Crippen molar-refractivity contribution in [3.8, 4) is 5.75 Å². The summed E-state index contributed by atoms with van der Waals surface area (Å²) in [5.74, 6) is 0.693. The van der Waals surface area contributed by atoms with Crippen molar-refractivity contribution in [3.63, 3.8) is 0 Å². The fourth-order valence-electron chi connectivity index (χ4n) is 1.38. The van der Waals surface area contributed by atoms with E-state index in [1.54, 1.807) is 31.2 Å².